The summed E-state index contributed by atoms with van der Waals surface area (Å²) >= 11 is 0. The zero-order valence-corrected chi connectivity index (χ0v) is 11.3. The Hall–Kier alpha value is -2.40. The van der Waals surface area contributed by atoms with Crippen LogP contribution in [0.15, 0.2) is 42.6 Å². The molecule has 20 heavy (non-hydrogen) atoms. The van der Waals surface area contributed by atoms with Crippen molar-refractivity contribution in [2.45, 2.75) is 0 Å². The molecule has 1 aromatic heterocycles. The number of aromatic nitrogens is 2. The van der Waals surface area contributed by atoms with E-state index < -0.39 is 0 Å². The topological polar surface area (TPSA) is 50.3 Å². The predicted octanol–water partition coefficient (Wildman–Crippen LogP) is 2.66. The molecule has 5 heteroatoms. The minimum Gasteiger partial charge on any atom is -0.364 e. The van der Waals surface area contributed by atoms with E-state index in [-0.39, 0.29) is 0 Å². The summed E-state index contributed by atoms with van der Waals surface area (Å²) in [6.45, 7) is 1.31. The van der Waals surface area contributed by atoms with E-state index in [1.54, 1.807) is 7.11 Å². The van der Waals surface area contributed by atoms with Crippen LogP contribution in [0.25, 0.3) is 6.08 Å². The Kier molecular flexibility index (Phi) is 3.60. The van der Waals surface area contributed by atoms with Gasteiger partial charge in [0.05, 0.1) is 0 Å². The van der Waals surface area contributed by atoms with E-state index in [2.05, 4.69) is 26.3 Å². The number of anilines is 3. The fourth-order valence-corrected chi connectivity index (χ4v) is 2.13. The lowest BCUT2D eigenvalue weighted by Gasteiger charge is -2.25. The molecule has 0 spiro atoms. The molecule has 0 fully saturated rings. The molecule has 102 valence electrons. The third-order valence-electron chi connectivity index (χ3n) is 3.03. The SMILES string of the molecule is COCN1CC=Cc2cnc(Nc3ccccc3)nc21. The van der Waals surface area contributed by atoms with Gasteiger partial charge in [0, 0.05) is 31.1 Å². The minimum atomic E-state index is 0.513. The van der Waals surface area contributed by atoms with Crippen LogP contribution in [0.3, 0.4) is 0 Å². The van der Waals surface area contributed by atoms with Gasteiger partial charge in [-0.05, 0) is 12.1 Å². The Labute approximate surface area is 117 Å². The molecule has 3 rings (SSSR count). The van der Waals surface area contributed by atoms with Gasteiger partial charge in [-0.1, -0.05) is 30.4 Å². The fraction of sp³-hybridized carbons (Fsp3) is 0.200. The first-order valence-electron chi connectivity index (χ1n) is 6.46. The van der Waals surface area contributed by atoms with E-state index in [9.17, 15) is 0 Å². The average molecular weight is 268 g/mol. The normalized spacial score (nSPS) is 13.2. The minimum absolute atomic E-state index is 0.513. The number of nitrogens with zero attached hydrogens (tertiary/aromatic N) is 3. The Bertz CT molecular complexity index is 613. The van der Waals surface area contributed by atoms with Gasteiger partial charge in [0.15, 0.2) is 0 Å². The van der Waals surface area contributed by atoms with Gasteiger partial charge in [0.1, 0.15) is 12.5 Å². The largest absolute Gasteiger partial charge is 0.364 e. The molecule has 0 unspecified atom stereocenters. The monoisotopic (exact) mass is 268 g/mol. The number of para-hydroxylation sites is 1. The first-order chi connectivity index (χ1) is 9.86. The molecule has 2 aromatic rings. The fourth-order valence-electron chi connectivity index (χ4n) is 2.13. The van der Waals surface area contributed by atoms with Gasteiger partial charge in [-0.2, -0.15) is 4.98 Å². The lowest BCUT2D eigenvalue weighted by molar-refractivity contribution is 0.199. The number of fused-ring (bicyclic) bond motifs is 1. The maximum absolute atomic E-state index is 5.21. The van der Waals surface area contributed by atoms with Crippen molar-refractivity contribution in [3.63, 3.8) is 0 Å². The molecule has 0 radical (unpaired) electrons. The van der Waals surface area contributed by atoms with Crippen LogP contribution in [0.4, 0.5) is 17.5 Å². The van der Waals surface area contributed by atoms with E-state index in [0.717, 1.165) is 23.6 Å². The van der Waals surface area contributed by atoms with Crippen LogP contribution in [0.5, 0.6) is 0 Å². The second kappa shape index (κ2) is 5.71. The molecule has 0 saturated heterocycles. The summed E-state index contributed by atoms with van der Waals surface area (Å²) in [5.74, 6) is 1.48. The molecule has 1 aliphatic heterocycles. The summed E-state index contributed by atoms with van der Waals surface area (Å²) in [5, 5.41) is 3.20. The maximum Gasteiger partial charge on any atom is 0.229 e. The summed E-state index contributed by atoms with van der Waals surface area (Å²) in [7, 11) is 1.68. The van der Waals surface area contributed by atoms with E-state index in [0.29, 0.717) is 12.7 Å². The molecular formula is C15H16N4O. The number of rotatable bonds is 4. The Morgan fingerprint density at radius 3 is 2.95 bits per heavy atom. The first kappa shape index (κ1) is 12.6. The van der Waals surface area contributed by atoms with Crippen LogP contribution in [0.1, 0.15) is 5.56 Å². The molecule has 0 bridgehead atoms. The highest BCUT2D eigenvalue weighted by molar-refractivity contribution is 5.69. The summed E-state index contributed by atoms with van der Waals surface area (Å²) in [6, 6.07) is 9.89. The van der Waals surface area contributed by atoms with Gasteiger partial charge in [-0.15, -0.1) is 0 Å². The standard InChI is InChI=1S/C15H16N4O/c1-20-11-19-9-5-6-12-10-16-15(18-14(12)19)17-13-7-3-2-4-8-13/h2-8,10H,9,11H2,1H3,(H,16,17,18). The first-order valence-corrected chi connectivity index (χ1v) is 6.46. The van der Waals surface area contributed by atoms with E-state index in [1.165, 1.54) is 0 Å². The number of nitrogens with one attached hydrogen (secondary N) is 1. The molecule has 0 amide bonds. The second-order valence-electron chi connectivity index (χ2n) is 4.51. The Balaban J connectivity index is 1.88. The zero-order valence-electron chi connectivity index (χ0n) is 11.3. The van der Waals surface area contributed by atoms with Crippen molar-refractivity contribution >= 4 is 23.5 Å². The van der Waals surface area contributed by atoms with Crippen molar-refractivity contribution in [3.05, 3.63) is 48.2 Å². The number of hydrogen-bond donors (Lipinski definition) is 1. The third kappa shape index (κ3) is 2.62. The van der Waals surface area contributed by atoms with Gasteiger partial charge in [0.25, 0.3) is 0 Å². The van der Waals surface area contributed by atoms with Crippen molar-refractivity contribution in [2.24, 2.45) is 0 Å². The Morgan fingerprint density at radius 2 is 2.15 bits per heavy atom. The summed E-state index contributed by atoms with van der Waals surface area (Å²) in [6.07, 6.45) is 5.94. The maximum atomic E-state index is 5.21. The van der Waals surface area contributed by atoms with Gasteiger partial charge in [-0.3, -0.25) is 0 Å². The van der Waals surface area contributed by atoms with E-state index in [1.807, 2.05) is 42.6 Å². The number of ether oxygens (including phenoxy) is 1. The predicted molar refractivity (Wildman–Crippen MR) is 80.0 cm³/mol. The summed E-state index contributed by atoms with van der Waals surface area (Å²) in [4.78, 5) is 11.0. The van der Waals surface area contributed by atoms with Crippen molar-refractivity contribution in [3.8, 4) is 0 Å². The highest BCUT2D eigenvalue weighted by Crippen LogP contribution is 2.24. The van der Waals surface area contributed by atoms with Crippen LogP contribution >= 0.6 is 0 Å². The van der Waals surface area contributed by atoms with Crippen LogP contribution in [-0.2, 0) is 4.74 Å². The van der Waals surface area contributed by atoms with E-state index in [4.69, 9.17) is 4.74 Å². The van der Waals surface area contributed by atoms with Crippen molar-refractivity contribution in [1.29, 1.82) is 0 Å². The molecule has 0 saturated carbocycles. The average Bonchev–Trinajstić information content (AvgIpc) is 2.49. The van der Waals surface area contributed by atoms with Gasteiger partial charge >= 0.3 is 0 Å². The van der Waals surface area contributed by atoms with Crippen LogP contribution in [-0.4, -0.2) is 30.4 Å². The Morgan fingerprint density at radius 1 is 1.30 bits per heavy atom. The summed E-state index contributed by atoms with van der Waals surface area (Å²) in [5.41, 5.74) is 1.98. The van der Waals surface area contributed by atoms with E-state index >= 15 is 0 Å². The molecule has 5 nitrogen and oxygen atoms in total. The van der Waals surface area contributed by atoms with Gasteiger partial charge in [-0.25, -0.2) is 4.98 Å². The molecule has 2 heterocycles. The second-order valence-corrected chi connectivity index (χ2v) is 4.51. The third-order valence-corrected chi connectivity index (χ3v) is 3.03. The highest BCUT2D eigenvalue weighted by atomic mass is 16.5. The van der Waals surface area contributed by atoms with Crippen molar-refractivity contribution < 1.29 is 4.74 Å². The smallest absolute Gasteiger partial charge is 0.229 e. The molecule has 0 atom stereocenters. The summed E-state index contributed by atoms with van der Waals surface area (Å²) < 4.78 is 5.21. The quantitative estimate of drug-likeness (QED) is 0.923. The van der Waals surface area contributed by atoms with Gasteiger partial charge in [0.2, 0.25) is 5.95 Å². The molecule has 1 aliphatic rings. The molecular weight excluding hydrogens is 252 g/mol. The van der Waals surface area contributed by atoms with Crippen LogP contribution in [0.2, 0.25) is 0 Å². The van der Waals surface area contributed by atoms with Gasteiger partial charge < -0.3 is 15.0 Å². The molecule has 1 N–H and O–H groups in total. The van der Waals surface area contributed by atoms with Crippen LogP contribution in [0, 0.1) is 0 Å². The van der Waals surface area contributed by atoms with Crippen LogP contribution < -0.4 is 10.2 Å². The number of methoxy groups -OCH3 is 1. The van der Waals surface area contributed by atoms with Crippen molar-refractivity contribution in [2.75, 3.05) is 30.6 Å². The molecule has 1 aromatic carbocycles. The zero-order chi connectivity index (χ0) is 13.8. The lowest BCUT2D eigenvalue weighted by Crippen LogP contribution is -2.29. The number of benzene rings is 1. The molecule has 0 aliphatic carbocycles. The highest BCUT2D eigenvalue weighted by Gasteiger charge is 2.15. The lowest BCUT2D eigenvalue weighted by atomic mass is 10.2. The van der Waals surface area contributed by atoms with Crippen molar-refractivity contribution in [1.82, 2.24) is 9.97 Å². The number of hydrogen-bond acceptors (Lipinski definition) is 5.